The summed E-state index contributed by atoms with van der Waals surface area (Å²) in [6, 6.07) is 12.5. The Morgan fingerprint density at radius 2 is 1.86 bits per heavy atom. The summed E-state index contributed by atoms with van der Waals surface area (Å²) in [7, 11) is 1.67. The van der Waals surface area contributed by atoms with Crippen LogP contribution in [0.5, 0.6) is 5.75 Å². The van der Waals surface area contributed by atoms with Crippen molar-refractivity contribution in [3.05, 3.63) is 59.2 Å². The van der Waals surface area contributed by atoms with Crippen LogP contribution < -0.4 is 9.64 Å². The van der Waals surface area contributed by atoms with Gasteiger partial charge in [0.25, 0.3) is 0 Å². The van der Waals surface area contributed by atoms with E-state index in [2.05, 4.69) is 0 Å². The molecule has 0 aromatic heterocycles. The molecule has 1 heterocycles. The van der Waals surface area contributed by atoms with Crippen LogP contribution in [0, 0.1) is 0 Å². The molecular weight excluding hydrogens is 266 g/mol. The number of anilines is 1. The number of hydrogen-bond donors (Lipinski definition) is 0. The van der Waals surface area contributed by atoms with Gasteiger partial charge in [-0.25, -0.2) is 0 Å². The van der Waals surface area contributed by atoms with Crippen LogP contribution in [0.2, 0.25) is 0 Å². The van der Waals surface area contributed by atoms with E-state index >= 15 is 0 Å². The topological polar surface area (TPSA) is 46.6 Å². The van der Waals surface area contributed by atoms with Gasteiger partial charge in [0.05, 0.1) is 6.61 Å². The number of carbonyl (C=O) groups excluding carboxylic acids is 2. The van der Waals surface area contributed by atoms with Crippen LogP contribution in [-0.2, 0) is 11.2 Å². The molecule has 0 bridgehead atoms. The first kappa shape index (κ1) is 13.4. The third-order valence-corrected chi connectivity index (χ3v) is 3.65. The van der Waals surface area contributed by atoms with Gasteiger partial charge in [-0.2, -0.15) is 0 Å². The van der Waals surface area contributed by atoms with Gasteiger partial charge >= 0.3 is 0 Å². The highest BCUT2D eigenvalue weighted by molar-refractivity contribution is 6.09. The number of ether oxygens (including phenoxy) is 1. The Labute approximate surface area is 123 Å². The number of amides is 1. The molecule has 1 aliphatic heterocycles. The molecule has 0 saturated carbocycles. The lowest BCUT2D eigenvalue weighted by molar-refractivity contribution is -0.107. The Morgan fingerprint density at radius 1 is 1.14 bits per heavy atom. The lowest BCUT2D eigenvalue weighted by Gasteiger charge is -2.11. The maximum absolute atomic E-state index is 12.5. The molecule has 0 unspecified atom stereocenters. The minimum atomic E-state index is -0.0231. The zero-order valence-corrected chi connectivity index (χ0v) is 11.7. The number of rotatable bonds is 4. The van der Waals surface area contributed by atoms with Crippen molar-refractivity contribution < 1.29 is 14.3 Å². The molecule has 0 aliphatic carbocycles. The molecule has 3 rings (SSSR count). The molecule has 0 fully saturated rings. The minimum absolute atomic E-state index is 0.0231. The molecule has 1 aliphatic rings. The summed E-state index contributed by atoms with van der Waals surface area (Å²) in [6.07, 6.45) is 1.58. The fourth-order valence-corrected chi connectivity index (χ4v) is 2.40. The van der Waals surface area contributed by atoms with Crippen molar-refractivity contribution in [2.45, 2.75) is 6.42 Å². The van der Waals surface area contributed by atoms with Crippen LogP contribution in [0.25, 0.3) is 0 Å². The van der Waals surface area contributed by atoms with Crippen LogP contribution in [0.15, 0.2) is 42.5 Å². The molecule has 0 saturated heterocycles. The summed E-state index contributed by atoms with van der Waals surface area (Å²) in [4.78, 5) is 24.6. The monoisotopic (exact) mass is 281 g/mol. The molecule has 106 valence electrons. The maximum Gasteiger partial charge on any atom is 0.213 e. The minimum Gasteiger partial charge on any atom is -0.493 e. The standard InChI is InChI=1S/C17H15NO3/c1-18(11-19)15-5-2-12(3-6-15)17(20)14-4-7-16-13(10-14)8-9-21-16/h2-7,10-11H,8-9H2,1H3. The molecule has 0 atom stereocenters. The van der Waals surface area contributed by atoms with Crippen molar-refractivity contribution >= 4 is 17.9 Å². The molecule has 4 heteroatoms. The quantitative estimate of drug-likeness (QED) is 0.639. The van der Waals surface area contributed by atoms with E-state index < -0.39 is 0 Å². The van der Waals surface area contributed by atoms with Crippen LogP contribution >= 0.6 is 0 Å². The van der Waals surface area contributed by atoms with Gasteiger partial charge in [0.2, 0.25) is 6.41 Å². The maximum atomic E-state index is 12.5. The second-order valence-corrected chi connectivity index (χ2v) is 5.01. The Balaban J connectivity index is 1.86. The van der Waals surface area contributed by atoms with E-state index in [9.17, 15) is 9.59 Å². The van der Waals surface area contributed by atoms with Gasteiger partial charge < -0.3 is 9.64 Å². The highest BCUT2D eigenvalue weighted by Crippen LogP contribution is 2.27. The molecule has 2 aromatic carbocycles. The van der Waals surface area contributed by atoms with Gasteiger partial charge in [-0.1, -0.05) is 0 Å². The number of benzene rings is 2. The second-order valence-electron chi connectivity index (χ2n) is 5.01. The first-order chi connectivity index (χ1) is 10.2. The third kappa shape index (κ3) is 2.52. The second kappa shape index (κ2) is 5.40. The number of hydrogen-bond acceptors (Lipinski definition) is 3. The molecular formula is C17H15NO3. The third-order valence-electron chi connectivity index (χ3n) is 3.65. The molecule has 1 amide bonds. The van der Waals surface area contributed by atoms with Crippen LogP contribution in [0.1, 0.15) is 21.5 Å². The molecule has 4 nitrogen and oxygen atoms in total. The molecule has 0 N–H and O–H groups in total. The highest BCUT2D eigenvalue weighted by Gasteiger charge is 2.16. The first-order valence-corrected chi connectivity index (χ1v) is 6.77. The fourth-order valence-electron chi connectivity index (χ4n) is 2.40. The van der Waals surface area contributed by atoms with E-state index in [4.69, 9.17) is 4.74 Å². The Kier molecular flexibility index (Phi) is 3.44. The van der Waals surface area contributed by atoms with Crippen molar-refractivity contribution in [3.63, 3.8) is 0 Å². The van der Waals surface area contributed by atoms with Crippen molar-refractivity contribution in [3.8, 4) is 5.75 Å². The van der Waals surface area contributed by atoms with Gasteiger partial charge in [-0.05, 0) is 48.0 Å². The highest BCUT2D eigenvalue weighted by atomic mass is 16.5. The van der Waals surface area contributed by atoms with Crippen LogP contribution in [-0.4, -0.2) is 25.8 Å². The van der Waals surface area contributed by atoms with Gasteiger partial charge in [0, 0.05) is 30.3 Å². The molecule has 21 heavy (non-hydrogen) atoms. The zero-order valence-electron chi connectivity index (χ0n) is 11.7. The average Bonchev–Trinajstić information content (AvgIpc) is 3.01. The van der Waals surface area contributed by atoms with Crippen molar-refractivity contribution in [2.75, 3.05) is 18.6 Å². The molecule has 0 spiro atoms. The Hall–Kier alpha value is -2.62. The van der Waals surface area contributed by atoms with Crippen LogP contribution in [0.3, 0.4) is 0 Å². The van der Waals surface area contributed by atoms with E-state index in [1.54, 1.807) is 37.4 Å². The number of ketones is 1. The van der Waals surface area contributed by atoms with E-state index in [-0.39, 0.29) is 5.78 Å². The normalized spacial score (nSPS) is 12.4. The smallest absolute Gasteiger partial charge is 0.213 e. The van der Waals surface area contributed by atoms with E-state index in [0.717, 1.165) is 29.8 Å². The SMILES string of the molecule is CN(C=O)c1ccc(C(=O)c2ccc3c(c2)CCO3)cc1. The van der Waals surface area contributed by atoms with Gasteiger partial charge in [0.15, 0.2) is 5.78 Å². The Bertz CT molecular complexity index is 692. The van der Waals surface area contributed by atoms with E-state index in [1.165, 1.54) is 4.90 Å². The summed E-state index contributed by atoms with van der Waals surface area (Å²) < 4.78 is 5.44. The Morgan fingerprint density at radius 3 is 2.57 bits per heavy atom. The lowest BCUT2D eigenvalue weighted by Crippen LogP contribution is -2.13. The van der Waals surface area contributed by atoms with Crippen molar-refractivity contribution in [2.24, 2.45) is 0 Å². The summed E-state index contributed by atoms with van der Waals surface area (Å²) in [5.74, 6) is 0.847. The predicted octanol–water partition coefficient (Wildman–Crippen LogP) is 2.45. The van der Waals surface area contributed by atoms with Gasteiger partial charge in [-0.15, -0.1) is 0 Å². The fraction of sp³-hybridized carbons (Fsp3) is 0.176. The summed E-state index contributed by atoms with van der Waals surface area (Å²) >= 11 is 0. The van der Waals surface area contributed by atoms with Gasteiger partial charge in [-0.3, -0.25) is 9.59 Å². The lowest BCUT2D eigenvalue weighted by atomic mass is 10.00. The van der Waals surface area contributed by atoms with Crippen molar-refractivity contribution in [1.82, 2.24) is 0 Å². The first-order valence-electron chi connectivity index (χ1n) is 6.77. The average molecular weight is 281 g/mol. The van der Waals surface area contributed by atoms with Gasteiger partial charge in [0.1, 0.15) is 5.75 Å². The van der Waals surface area contributed by atoms with Crippen molar-refractivity contribution in [1.29, 1.82) is 0 Å². The number of nitrogens with zero attached hydrogens (tertiary/aromatic N) is 1. The van der Waals surface area contributed by atoms with E-state index in [1.807, 2.05) is 12.1 Å². The number of fused-ring (bicyclic) bond motifs is 1. The van der Waals surface area contributed by atoms with Crippen LogP contribution in [0.4, 0.5) is 5.69 Å². The summed E-state index contributed by atoms with van der Waals surface area (Å²) in [5.41, 5.74) is 3.11. The molecule has 0 radical (unpaired) electrons. The number of carbonyl (C=O) groups is 2. The zero-order chi connectivity index (χ0) is 14.8. The predicted molar refractivity (Wildman–Crippen MR) is 80.0 cm³/mol. The summed E-state index contributed by atoms with van der Waals surface area (Å²) in [5, 5.41) is 0. The van der Waals surface area contributed by atoms with E-state index in [0.29, 0.717) is 17.7 Å². The molecule has 2 aromatic rings. The largest absolute Gasteiger partial charge is 0.493 e. The summed E-state index contributed by atoms with van der Waals surface area (Å²) in [6.45, 7) is 0.680.